The second kappa shape index (κ2) is 10.7. The third-order valence-corrected chi connectivity index (χ3v) is 7.38. The fourth-order valence-corrected chi connectivity index (χ4v) is 5.29. The first-order chi connectivity index (χ1) is 17.6. The Morgan fingerprint density at radius 3 is 2.24 bits per heavy atom. The van der Waals surface area contributed by atoms with Crippen LogP contribution in [-0.2, 0) is 9.53 Å². The highest BCUT2D eigenvalue weighted by Crippen LogP contribution is 2.48. The molecule has 2 aliphatic rings. The van der Waals surface area contributed by atoms with Crippen LogP contribution < -0.4 is 10.6 Å². The summed E-state index contributed by atoms with van der Waals surface area (Å²) in [5.41, 5.74) is 7.19. The summed E-state index contributed by atoms with van der Waals surface area (Å²) in [6.07, 6.45) is 4.54. The Balaban J connectivity index is 1.69. The lowest BCUT2D eigenvalue weighted by molar-refractivity contribution is -0.117. The average Bonchev–Trinajstić information content (AvgIpc) is 3.71. The van der Waals surface area contributed by atoms with E-state index in [9.17, 15) is 20.1 Å². The summed E-state index contributed by atoms with van der Waals surface area (Å²) in [5, 5.41) is 19.8. The van der Waals surface area contributed by atoms with Gasteiger partial charge in [-0.15, -0.1) is 0 Å². The van der Waals surface area contributed by atoms with E-state index in [0.717, 1.165) is 24.6 Å². The summed E-state index contributed by atoms with van der Waals surface area (Å²) in [6, 6.07) is 7.94. The summed E-state index contributed by atoms with van der Waals surface area (Å²) in [5.74, 6) is 0.000778. The van der Waals surface area contributed by atoms with Gasteiger partial charge in [0.15, 0.2) is 0 Å². The van der Waals surface area contributed by atoms with Crippen LogP contribution in [0.1, 0.15) is 67.0 Å². The number of thioether (sulfide) groups is 1. The molecule has 10 nitrogen and oxygen atoms in total. The summed E-state index contributed by atoms with van der Waals surface area (Å²) >= 11 is 1.11. The van der Waals surface area contributed by atoms with Crippen LogP contribution in [0.3, 0.4) is 0 Å². The minimum Gasteiger partial charge on any atom is -0.444 e. The third-order valence-electron chi connectivity index (χ3n) is 6.12. The molecule has 2 fully saturated rings. The van der Waals surface area contributed by atoms with Crippen LogP contribution in [0.2, 0.25) is 0 Å². The molecule has 0 bridgehead atoms. The molecule has 11 heteroatoms. The Labute approximate surface area is 220 Å². The zero-order chi connectivity index (χ0) is 26.7. The van der Waals surface area contributed by atoms with Gasteiger partial charge >= 0.3 is 6.09 Å². The monoisotopic (exact) mass is 519 g/mol. The van der Waals surface area contributed by atoms with Crippen molar-refractivity contribution in [1.82, 2.24) is 14.9 Å². The molecule has 2 amide bonds. The second-order valence-corrected chi connectivity index (χ2v) is 11.1. The Morgan fingerprint density at radius 2 is 1.73 bits per heavy atom. The number of aromatic nitrogens is 2. The molecule has 2 aromatic rings. The number of pyridine rings is 2. The van der Waals surface area contributed by atoms with Crippen molar-refractivity contribution in [3.63, 3.8) is 0 Å². The lowest BCUT2D eigenvalue weighted by Crippen LogP contribution is -2.50. The number of carbonyl (C=O) groups is 2. The summed E-state index contributed by atoms with van der Waals surface area (Å²) in [4.78, 5) is 37.3. The van der Waals surface area contributed by atoms with Crippen molar-refractivity contribution in [2.75, 3.05) is 31.1 Å². The summed E-state index contributed by atoms with van der Waals surface area (Å²) in [6.45, 7) is 7.18. The van der Waals surface area contributed by atoms with Gasteiger partial charge in [0.05, 0.1) is 11.1 Å². The Morgan fingerprint density at radius 1 is 1.11 bits per heavy atom. The van der Waals surface area contributed by atoms with E-state index < -0.39 is 16.8 Å². The van der Waals surface area contributed by atoms with Crippen molar-refractivity contribution >= 4 is 29.6 Å². The number of nitrogens with zero attached hydrogens (tertiary/aromatic N) is 6. The molecule has 1 saturated carbocycles. The maximum Gasteiger partial charge on any atom is 0.410 e. The van der Waals surface area contributed by atoms with Gasteiger partial charge in [-0.25, -0.2) is 9.78 Å². The average molecular weight is 520 g/mol. The van der Waals surface area contributed by atoms with Gasteiger partial charge in [-0.2, -0.15) is 10.5 Å². The van der Waals surface area contributed by atoms with Crippen LogP contribution in [0, 0.1) is 22.7 Å². The molecule has 2 N–H and O–H groups in total. The summed E-state index contributed by atoms with van der Waals surface area (Å²) in [7, 11) is 0. The Kier molecular flexibility index (Phi) is 7.55. The van der Waals surface area contributed by atoms with Crippen LogP contribution in [-0.4, -0.2) is 58.6 Å². The Hall–Kier alpha value is -3.83. The van der Waals surface area contributed by atoms with Crippen molar-refractivity contribution < 1.29 is 14.3 Å². The lowest BCUT2D eigenvalue weighted by Gasteiger charge is -2.37. The highest BCUT2D eigenvalue weighted by Gasteiger charge is 2.36. The molecule has 1 unspecified atom stereocenters. The smallest absolute Gasteiger partial charge is 0.410 e. The number of nitriles is 2. The first-order valence-corrected chi connectivity index (χ1v) is 13.0. The van der Waals surface area contributed by atoms with E-state index in [0.29, 0.717) is 59.3 Å². The van der Waals surface area contributed by atoms with E-state index in [1.54, 1.807) is 29.4 Å². The van der Waals surface area contributed by atoms with Crippen molar-refractivity contribution in [3.8, 4) is 12.1 Å². The number of anilines is 1. The van der Waals surface area contributed by atoms with Crippen LogP contribution in [0.4, 0.5) is 10.6 Å². The number of hydrogen-bond donors (Lipinski definition) is 1. The minimum atomic E-state index is -0.778. The van der Waals surface area contributed by atoms with Crippen molar-refractivity contribution in [3.05, 3.63) is 46.8 Å². The number of carbonyl (C=O) groups excluding carboxylic acids is 2. The van der Waals surface area contributed by atoms with E-state index in [4.69, 9.17) is 15.5 Å². The van der Waals surface area contributed by atoms with Gasteiger partial charge in [0.1, 0.15) is 33.8 Å². The number of ether oxygens (including phenoxy) is 1. The van der Waals surface area contributed by atoms with E-state index in [1.807, 2.05) is 25.7 Å². The molecular formula is C26H29N7O3S. The first-order valence-electron chi connectivity index (χ1n) is 12.1. The molecule has 2 aromatic heterocycles. The predicted molar refractivity (Wildman–Crippen MR) is 138 cm³/mol. The van der Waals surface area contributed by atoms with Gasteiger partial charge in [0, 0.05) is 38.6 Å². The quantitative estimate of drug-likeness (QED) is 0.566. The molecule has 192 valence electrons. The predicted octanol–water partition coefficient (Wildman–Crippen LogP) is 3.47. The van der Waals surface area contributed by atoms with Crippen molar-refractivity contribution in [2.24, 2.45) is 5.73 Å². The molecule has 1 aliphatic carbocycles. The topological polar surface area (TPSA) is 149 Å². The number of hydrogen-bond acceptors (Lipinski definition) is 9. The van der Waals surface area contributed by atoms with E-state index in [-0.39, 0.29) is 12.0 Å². The zero-order valence-electron chi connectivity index (χ0n) is 21.1. The molecule has 1 saturated heterocycles. The molecule has 0 spiro atoms. The lowest BCUT2D eigenvalue weighted by atomic mass is 9.99. The maximum atomic E-state index is 12.5. The standard InChI is InChI=1S/C26H29N7O3S/c1-26(2,3)36-25(35)33-12-10-32(11-13-33)23-18(14-27)20(16-4-5-16)19(15-28)24(31-23)37-21(22(29)34)17-6-8-30-9-7-17/h6-9,16,21H,4-5,10-13H2,1-3H3,(H2,29,34). The highest BCUT2D eigenvalue weighted by atomic mass is 32.2. The molecule has 37 heavy (non-hydrogen) atoms. The summed E-state index contributed by atoms with van der Waals surface area (Å²) < 4.78 is 5.49. The Bertz CT molecular complexity index is 1270. The fourth-order valence-electron chi connectivity index (χ4n) is 4.25. The van der Waals surface area contributed by atoms with E-state index >= 15 is 0 Å². The van der Waals surface area contributed by atoms with Crippen LogP contribution >= 0.6 is 11.8 Å². The number of rotatable bonds is 6. The van der Waals surface area contributed by atoms with Crippen LogP contribution in [0.15, 0.2) is 29.6 Å². The largest absolute Gasteiger partial charge is 0.444 e. The number of amides is 2. The zero-order valence-corrected chi connectivity index (χ0v) is 21.9. The molecule has 1 atom stereocenters. The highest BCUT2D eigenvalue weighted by molar-refractivity contribution is 8.00. The van der Waals surface area contributed by atoms with Crippen LogP contribution in [0.5, 0.6) is 0 Å². The fraction of sp³-hybridized carbons (Fsp3) is 0.462. The van der Waals surface area contributed by atoms with Crippen molar-refractivity contribution in [2.45, 2.75) is 55.4 Å². The SMILES string of the molecule is CC(C)(C)OC(=O)N1CCN(c2nc(SC(C(N)=O)c3ccncc3)c(C#N)c(C3CC3)c2C#N)CC1. The van der Waals surface area contributed by atoms with Crippen molar-refractivity contribution in [1.29, 1.82) is 10.5 Å². The van der Waals surface area contributed by atoms with Gasteiger partial charge in [0.25, 0.3) is 0 Å². The second-order valence-electron chi connectivity index (χ2n) is 10.0. The first kappa shape index (κ1) is 26.2. The van der Waals surface area contributed by atoms with E-state index in [2.05, 4.69) is 17.1 Å². The molecular weight excluding hydrogens is 490 g/mol. The normalized spacial score (nSPS) is 16.5. The van der Waals surface area contributed by atoms with Gasteiger partial charge in [-0.1, -0.05) is 11.8 Å². The molecule has 1 aliphatic heterocycles. The molecule has 4 rings (SSSR count). The van der Waals surface area contributed by atoms with Gasteiger partial charge in [-0.3, -0.25) is 9.78 Å². The number of piperazine rings is 1. The van der Waals surface area contributed by atoms with Gasteiger partial charge < -0.3 is 20.3 Å². The molecule has 0 aromatic carbocycles. The number of primary amides is 1. The maximum absolute atomic E-state index is 12.5. The molecule has 3 heterocycles. The molecule has 0 radical (unpaired) electrons. The number of nitrogens with two attached hydrogens (primary N) is 1. The van der Waals surface area contributed by atoms with Gasteiger partial charge in [0.2, 0.25) is 5.91 Å². The minimum absolute atomic E-state index is 0.0985. The third kappa shape index (κ3) is 5.95. The van der Waals surface area contributed by atoms with Gasteiger partial charge in [-0.05, 0) is 62.8 Å². The van der Waals surface area contributed by atoms with Crippen LogP contribution in [0.25, 0.3) is 0 Å². The van der Waals surface area contributed by atoms with E-state index in [1.165, 1.54) is 0 Å².